The van der Waals surface area contributed by atoms with Gasteiger partial charge in [-0.3, -0.25) is 9.69 Å². The maximum absolute atomic E-state index is 11.7. The number of amides is 1. The summed E-state index contributed by atoms with van der Waals surface area (Å²) in [5, 5.41) is 2.88. The Morgan fingerprint density at radius 1 is 1.12 bits per heavy atom. The number of ether oxygens (including phenoxy) is 3. The molecular weight excluding hydrogens is 324 g/mol. The molecule has 0 unspecified atom stereocenters. The predicted octanol–water partition coefficient (Wildman–Crippen LogP) is 2.09. The zero-order chi connectivity index (χ0) is 18.4. The van der Waals surface area contributed by atoms with Gasteiger partial charge in [-0.2, -0.15) is 0 Å². The lowest BCUT2D eigenvalue weighted by atomic mass is 9.89. The monoisotopic (exact) mass is 356 g/mol. The second-order valence-corrected chi connectivity index (χ2v) is 7.85. The van der Waals surface area contributed by atoms with Crippen molar-refractivity contribution in [3.63, 3.8) is 0 Å². The van der Waals surface area contributed by atoms with Crippen molar-refractivity contribution < 1.29 is 23.8 Å². The number of piperidine rings is 1. The van der Waals surface area contributed by atoms with Crippen molar-refractivity contribution in [2.24, 2.45) is 0 Å². The molecule has 1 N–H and O–H groups in total. The third kappa shape index (κ3) is 7.20. The lowest BCUT2D eigenvalue weighted by Crippen LogP contribution is -2.50. The Balaban J connectivity index is 1.57. The van der Waals surface area contributed by atoms with Crippen LogP contribution in [0.25, 0.3) is 0 Å². The highest BCUT2D eigenvalue weighted by Gasteiger charge is 2.34. The topological polar surface area (TPSA) is 77.1 Å². The van der Waals surface area contributed by atoms with E-state index in [9.17, 15) is 9.59 Å². The molecule has 2 fully saturated rings. The van der Waals surface area contributed by atoms with Crippen LogP contribution in [0, 0.1) is 0 Å². The van der Waals surface area contributed by atoms with Crippen LogP contribution in [0.1, 0.15) is 53.4 Å². The van der Waals surface area contributed by atoms with E-state index in [0.717, 1.165) is 38.8 Å². The highest BCUT2D eigenvalue weighted by molar-refractivity contribution is 5.71. The van der Waals surface area contributed by atoms with E-state index >= 15 is 0 Å². The SMILES string of the molecule is CCOC(=O)CN1CCC(O[C@H]2C[C@@H](NC(=O)OC(C)(C)C)C2)CC1. The van der Waals surface area contributed by atoms with Crippen LogP contribution < -0.4 is 5.32 Å². The molecular formula is C18H32N2O5. The first-order valence-electron chi connectivity index (χ1n) is 9.28. The number of rotatable bonds is 6. The van der Waals surface area contributed by atoms with Gasteiger partial charge in [-0.25, -0.2) is 4.79 Å². The van der Waals surface area contributed by atoms with Crippen molar-refractivity contribution in [3.05, 3.63) is 0 Å². The van der Waals surface area contributed by atoms with Gasteiger partial charge in [-0.1, -0.05) is 0 Å². The fourth-order valence-electron chi connectivity index (χ4n) is 3.13. The highest BCUT2D eigenvalue weighted by Crippen LogP contribution is 2.27. The molecule has 1 saturated carbocycles. The van der Waals surface area contributed by atoms with E-state index in [-0.39, 0.29) is 30.3 Å². The summed E-state index contributed by atoms with van der Waals surface area (Å²) in [6.07, 6.45) is 3.63. The summed E-state index contributed by atoms with van der Waals surface area (Å²) in [6, 6.07) is 0.142. The van der Waals surface area contributed by atoms with E-state index in [1.807, 2.05) is 27.7 Å². The van der Waals surface area contributed by atoms with Crippen LogP contribution in [-0.4, -0.2) is 67.1 Å². The van der Waals surface area contributed by atoms with Gasteiger partial charge in [0.1, 0.15) is 5.60 Å². The highest BCUT2D eigenvalue weighted by atomic mass is 16.6. The smallest absolute Gasteiger partial charge is 0.407 e. The third-order valence-electron chi connectivity index (χ3n) is 4.39. The molecule has 1 amide bonds. The molecule has 2 aliphatic rings. The Morgan fingerprint density at radius 2 is 1.76 bits per heavy atom. The van der Waals surface area contributed by atoms with Crippen LogP contribution in [-0.2, 0) is 19.0 Å². The van der Waals surface area contributed by atoms with Crippen molar-refractivity contribution in [3.8, 4) is 0 Å². The maximum atomic E-state index is 11.7. The summed E-state index contributed by atoms with van der Waals surface area (Å²) in [7, 11) is 0. The lowest BCUT2D eigenvalue weighted by Gasteiger charge is -2.40. The fourth-order valence-corrected chi connectivity index (χ4v) is 3.13. The van der Waals surface area contributed by atoms with Crippen molar-refractivity contribution >= 4 is 12.1 Å². The normalized spacial score (nSPS) is 25.1. The quantitative estimate of drug-likeness (QED) is 0.734. The maximum Gasteiger partial charge on any atom is 0.407 e. The Morgan fingerprint density at radius 3 is 2.32 bits per heavy atom. The molecule has 0 spiro atoms. The number of nitrogens with one attached hydrogen (secondary N) is 1. The first-order chi connectivity index (χ1) is 11.7. The van der Waals surface area contributed by atoms with Crippen LogP contribution in [0.3, 0.4) is 0 Å². The first kappa shape index (κ1) is 20.0. The minimum absolute atomic E-state index is 0.142. The number of hydrogen-bond acceptors (Lipinski definition) is 6. The summed E-state index contributed by atoms with van der Waals surface area (Å²) < 4.78 is 16.3. The van der Waals surface area contributed by atoms with Crippen molar-refractivity contribution in [2.45, 2.75) is 77.2 Å². The van der Waals surface area contributed by atoms with Crippen LogP contribution >= 0.6 is 0 Å². The molecule has 7 nitrogen and oxygen atoms in total. The van der Waals surface area contributed by atoms with E-state index in [1.165, 1.54) is 0 Å². The van der Waals surface area contributed by atoms with E-state index in [4.69, 9.17) is 14.2 Å². The number of hydrogen-bond donors (Lipinski definition) is 1. The van der Waals surface area contributed by atoms with Gasteiger partial charge in [0.05, 0.1) is 25.4 Å². The molecule has 0 atom stereocenters. The van der Waals surface area contributed by atoms with Gasteiger partial charge in [0.15, 0.2) is 0 Å². The minimum atomic E-state index is -0.471. The van der Waals surface area contributed by atoms with Gasteiger partial charge in [-0.15, -0.1) is 0 Å². The van der Waals surface area contributed by atoms with E-state index in [1.54, 1.807) is 0 Å². The lowest BCUT2D eigenvalue weighted by molar-refractivity contribution is -0.145. The molecule has 0 bridgehead atoms. The second kappa shape index (κ2) is 8.85. The van der Waals surface area contributed by atoms with Crippen molar-refractivity contribution in [2.75, 3.05) is 26.2 Å². The van der Waals surface area contributed by atoms with E-state index in [2.05, 4.69) is 10.2 Å². The zero-order valence-corrected chi connectivity index (χ0v) is 15.9. The standard InChI is InChI=1S/C18H32N2O5/c1-5-23-16(21)12-20-8-6-14(7-9-20)24-15-10-13(11-15)19-17(22)25-18(2,3)4/h13-15H,5-12H2,1-4H3,(H,19,22)/t13-,15+. The number of carbonyl (C=O) groups is 2. The molecule has 1 aliphatic heterocycles. The van der Waals surface area contributed by atoms with Crippen LogP contribution in [0.5, 0.6) is 0 Å². The molecule has 0 aromatic heterocycles. The number of nitrogens with zero attached hydrogens (tertiary/aromatic N) is 1. The van der Waals surface area contributed by atoms with Gasteiger partial charge in [0.25, 0.3) is 0 Å². The Hall–Kier alpha value is -1.34. The summed E-state index contributed by atoms with van der Waals surface area (Å²) in [5.74, 6) is -0.156. The van der Waals surface area contributed by atoms with Crippen molar-refractivity contribution in [1.29, 1.82) is 0 Å². The molecule has 0 aromatic rings. The zero-order valence-electron chi connectivity index (χ0n) is 15.9. The Bertz CT molecular complexity index is 449. The molecule has 1 saturated heterocycles. The van der Waals surface area contributed by atoms with Crippen molar-refractivity contribution in [1.82, 2.24) is 10.2 Å². The average Bonchev–Trinajstić information content (AvgIpc) is 2.45. The summed E-state index contributed by atoms with van der Waals surface area (Å²) >= 11 is 0. The number of esters is 1. The third-order valence-corrected chi connectivity index (χ3v) is 4.39. The molecule has 1 aliphatic carbocycles. The largest absolute Gasteiger partial charge is 0.465 e. The molecule has 0 radical (unpaired) electrons. The fraction of sp³-hybridized carbons (Fsp3) is 0.889. The summed E-state index contributed by atoms with van der Waals surface area (Å²) in [4.78, 5) is 25.3. The second-order valence-electron chi connectivity index (χ2n) is 7.85. The Labute approximate surface area is 150 Å². The van der Waals surface area contributed by atoms with Gasteiger partial charge >= 0.3 is 12.1 Å². The Kier molecular flexibility index (Phi) is 7.07. The van der Waals surface area contributed by atoms with Gasteiger partial charge in [0, 0.05) is 19.1 Å². The number of alkyl carbamates (subject to hydrolysis) is 1. The summed E-state index contributed by atoms with van der Waals surface area (Å²) in [6.45, 7) is 9.90. The summed E-state index contributed by atoms with van der Waals surface area (Å²) in [5.41, 5.74) is -0.471. The van der Waals surface area contributed by atoms with Gasteiger partial charge in [0.2, 0.25) is 0 Å². The predicted molar refractivity (Wildman–Crippen MR) is 93.4 cm³/mol. The van der Waals surface area contributed by atoms with Crippen LogP contribution in [0.15, 0.2) is 0 Å². The van der Waals surface area contributed by atoms with Crippen LogP contribution in [0.4, 0.5) is 4.79 Å². The average molecular weight is 356 g/mol. The molecule has 7 heteroatoms. The molecule has 1 heterocycles. The number of likely N-dealkylation sites (tertiary alicyclic amines) is 1. The molecule has 25 heavy (non-hydrogen) atoms. The molecule has 144 valence electrons. The number of carbonyl (C=O) groups excluding carboxylic acids is 2. The van der Waals surface area contributed by atoms with Crippen LogP contribution in [0.2, 0.25) is 0 Å². The van der Waals surface area contributed by atoms with E-state index < -0.39 is 5.60 Å². The first-order valence-corrected chi connectivity index (χ1v) is 9.28. The van der Waals surface area contributed by atoms with Gasteiger partial charge in [-0.05, 0) is 53.4 Å². The molecule has 0 aromatic carbocycles. The minimum Gasteiger partial charge on any atom is -0.465 e. The van der Waals surface area contributed by atoms with Gasteiger partial charge < -0.3 is 19.5 Å². The van der Waals surface area contributed by atoms with E-state index in [0.29, 0.717) is 13.2 Å². The molecule has 2 rings (SSSR count).